The van der Waals surface area contributed by atoms with Gasteiger partial charge in [-0.1, -0.05) is 16.9 Å². The van der Waals surface area contributed by atoms with Crippen LogP contribution in [0.4, 0.5) is 10.5 Å². The maximum atomic E-state index is 11.7. The topological polar surface area (TPSA) is 118 Å². The maximum absolute atomic E-state index is 11.7. The van der Waals surface area contributed by atoms with Gasteiger partial charge in [0.2, 0.25) is 0 Å². The molecule has 9 heteroatoms. The van der Waals surface area contributed by atoms with Gasteiger partial charge in [0.1, 0.15) is 0 Å². The first kappa shape index (κ1) is 13.9. The van der Waals surface area contributed by atoms with E-state index in [2.05, 4.69) is 9.46 Å². The summed E-state index contributed by atoms with van der Waals surface area (Å²) >= 11 is 0. The van der Waals surface area contributed by atoms with E-state index in [1.54, 1.807) is 0 Å². The fourth-order valence-corrected chi connectivity index (χ4v) is 2.13. The zero-order valence-corrected chi connectivity index (χ0v) is 10.1. The molecular formula is C9H9N2O6S. The van der Waals surface area contributed by atoms with Crippen LogP contribution < -0.4 is 4.72 Å². The second-order valence-electron chi connectivity index (χ2n) is 2.99. The van der Waals surface area contributed by atoms with E-state index in [0.29, 0.717) is 0 Å². The summed E-state index contributed by atoms with van der Waals surface area (Å²) in [5, 5.41) is 10.7. The van der Waals surface area contributed by atoms with Crippen molar-refractivity contribution in [1.82, 2.24) is 4.72 Å². The molecule has 0 aliphatic rings. The average Bonchev–Trinajstić information content (AvgIpc) is 2.28. The molecule has 0 unspecified atom stereocenters. The number of sulfonamides is 1. The van der Waals surface area contributed by atoms with Crippen molar-refractivity contribution in [2.24, 2.45) is 0 Å². The molecule has 0 bridgehead atoms. The fourth-order valence-electron chi connectivity index (χ4n) is 1.12. The Balaban J connectivity index is 3.13. The third kappa shape index (κ3) is 3.17. The van der Waals surface area contributed by atoms with Crippen LogP contribution in [0.1, 0.15) is 6.92 Å². The predicted molar refractivity (Wildman–Crippen MR) is 59.4 cm³/mol. The van der Waals surface area contributed by atoms with Crippen molar-refractivity contribution in [3.05, 3.63) is 34.4 Å². The molecule has 18 heavy (non-hydrogen) atoms. The first-order chi connectivity index (χ1) is 8.38. The first-order valence-corrected chi connectivity index (χ1v) is 6.20. The average molecular weight is 273 g/mol. The van der Waals surface area contributed by atoms with Gasteiger partial charge in [-0.05, 0) is 13.0 Å². The molecule has 0 aromatic heterocycles. The summed E-state index contributed by atoms with van der Waals surface area (Å²) in [5.41, 5.74) is -0.648. The standard InChI is InChI=1S/C9H9N2O6S/c1-2-17-9(12)10-18(15,16)8-6-4-3-5-7(8)11(13)14/h3-6H,2H2,1H3. The number of rotatable bonds is 4. The molecule has 8 nitrogen and oxygen atoms in total. The lowest BCUT2D eigenvalue weighted by Gasteiger charge is -2.04. The first-order valence-electron chi connectivity index (χ1n) is 4.76. The van der Waals surface area contributed by atoms with Crippen LogP contribution in [-0.4, -0.2) is 26.0 Å². The van der Waals surface area contributed by atoms with E-state index >= 15 is 0 Å². The summed E-state index contributed by atoms with van der Waals surface area (Å²) in [7, 11) is -4.45. The van der Waals surface area contributed by atoms with Crippen molar-refractivity contribution < 1.29 is 22.9 Å². The van der Waals surface area contributed by atoms with Crippen LogP contribution in [0, 0.1) is 10.1 Å². The van der Waals surface area contributed by atoms with Crippen LogP contribution in [0.2, 0.25) is 0 Å². The second kappa shape index (κ2) is 5.45. The van der Waals surface area contributed by atoms with Gasteiger partial charge in [0.15, 0.2) is 4.90 Å². The summed E-state index contributed by atoms with van der Waals surface area (Å²) in [6.07, 6.45) is -1.31. The zero-order chi connectivity index (χ0) is 13.8. The van der Waals surface area contributed by atoms with Gasteiger partial charge < -0.3 is 4.74 Å². The van der Waals surface area contributed by atoms with Gasteiger partial charge in [-0.15, -0.1) is 0 Å². The Labute approximate surface area is 103 Å². The minimum atomic E-state index is -4.45. The molecule has 1 rings (SSSR count). The van der Waals surface area contributed by atoms with Crippen molar-refractivity contribution in [3.63, 3.8) is 0 Å². The number of nitrogens with zero attached hydrogens (tertiary/aromatic N) is 2. The summed E-state index contributed by atoms with van der Waals surface area (Å²) in [6.45, 7) is 1.43. The monoisotopic (exact) mass is 273 g/mol. The number of carbonyl (C=O) groups is 1. The predicted octanol–water partition coefficient (Wildman–Crippen LogP) is 1.04. The fraction of sp³-hybridized carbons (Fsp3) is 0.222. The van der Waals surface area contributed by atoms with Gasteiger partial charge >= 0.3 is 6.09 Å². The van der Waals surface area contributed by atoms with Crippen LogP contribution in [0.15, 0.2) is 29.2 Å². The largest absolute Gasteiger partial charge is 0.448 e. The molecule has 1 aromatic carbocycles. The Morgan fingerprint density at radius 3 is 2.61 bits per heavy atom. The number of carbonyl (C=O) groups excluding carboxylic acids is 1. The third-order valence-corrected chi connectivity index (χ3v) is 3.09. The molecule has 1 aromatic rings. The lowest BCUT2D eigenvalue weighted by atomic mass is 10.3. The van der Waals surface area contributed by atoms with E-state index in [-0.39, 0.29) is 6.61 Å². The summed E-state index contributed by atoms with van der Waals surface area (Å²) in [6, 6.07) is 4.60. The minimum Gasteiger partial charge on any atom is -0.448 e. The molecule has 0 aliphatic heterocycles. The molecule has 0 aliphatic carbocycles. The molecular weight excluding hydrogens is 264 g/mol. The molecule has 0 fully saturated rings. The highest BCUT2D eigenvalue weighted by Gasteiger charge is 2.29. The third-order valence-electron chi connectivity index (χ3n) is 1.80. The zero-order valence-electron chi connectivity index (χ0n) is 9.27. The van der Waals surface area contributed by atoms with Crippen molar-refractivity contribution in [2.75, 3.05) is 6.61 Å². The van der Waals surface area contributed by atoms with Crippen molar-refractivity contribution in [2.45, 2.75) is 11.8 Å². The summed E-state index contributed by atoms with van der Waals surface area (Å²) in [5.74, 6) is 0. The number of hydrogen-bond acceptors (Lipinski definition) is 6. The Morgan fingerprint density at radius 1 is 1.44 bits per heavy atom. The van der Waals surface area contributed by atoms with Gasteiger partial charge in [0.05, 0.1) is 11.5 Å². The Kier molecular flexibility index (Phi) is 4.21. The van der Waals surface area contributed by atoms with E-state index in [1.165, 1.54) is 19.1 Å². The molecule has 0 saturated carbocycles. The summed E-state index contributed by atoms with van der Waals surface area (Å²) < 4.78 is 30.5. The Hall–Kier alpha value is -2.16. The lowest BCUT2D eigenvalue weighted by molar-refractivity contribution is -0.387. The molecule has 0 spiro atoms. The molecule has 97 valence electrons. The maximum Gasteiger partial charge on any atom is 0.444 e. The number of para-hydroxylation sites is 1. The van der Waals surface area contributed by atoms with Gasteiger partial charge in [-0.25, -0.2) is 4.79 Å². The van der Waals surface area contributed by atoms with E-state index in [9.17, 15) is 23.3 Å². The number of nitro groups is 1. The SMILES string of the molecule is CCOC(=O)[N]S(=O)(=O)c1ccccc1[N+](=O)[O-]. The number of nitro benzene ring substituents is 1. The van der Waals surface area contributed by atoms with E-state index in [1.807, 2.05) is 0 Å². The number of hydrogen-bond donors (Lipinski definition) is 0. The van der Waals surface area contributed by atoms with Gasteiger partial charge in [0, 0.05) is 6.07 Å². The lowest BCUT2D eigenvalue weighted by Crippen LogP contribution is -2.24. The normalized spacial score (nSPS) is 10.7. The summed E-state index contributed by atoms with van der Waals surface area (Å²) in [4.78, 5) is 20.1. The smallest absolute Gasteiger partial charge is 0.444 e. The molecule has 1 radical (unpaired) electrons. The Morgan fingerprint density at radius 2 is 2.06 bits per heavy atom. The molecule has 0 N–H and O–H groups in total. The Bertz CT molecular complexity index is 568. The highest BCUT2D eigenvalue weighted by Crippen LogP contribution is 2.23. The molecule has 0 heterocycles. The minimum absolute atomic E-state index is 0.0469. The van der Waals surface area contributed by atoms with Crippen molar-refractivity contribution in [1.29, 1.82) is 0 Å². The number of benzene rings is 1. The van der Waals surface area contributed by atoms with Crippen LogP contribution in [-0.2, 0) is 14.8 Å². The van der Waals surface area contributed by atoms with Gasteiger partial charge in [-0.2, -0.15) is 8.42 Å². The highest BCUT2D eigenvalue weighted by molar-refractivity contribution is 7.90. The van der Waals surface area contributed by atoms with E-state index in [4.69, 9.17) is 0 Å². The van der Waals surface area contributed by atoms with Crippen molar-refractivity contribution >= 4 is 21.8 Å². The van der Waals surface area contributed by atoms with Crippen LogP contribution in [0.5, 0.6) is 0 Å². The highest BCUT2D eigenvalue weighted by atomic mass is 32.2. The number of ether oxygens (including phenoxy) is 1. The molecule has 0 saturated heterocycles. The van der Waals surface area contributed by atoms with Gasteiger partial charge in [-0.3, -0.25) is 10.1 Å². The van der Waals surface area contributed by atoms with Crippen molar-refractivity contribution in [3.8, 4) is 0 Å². The van der Waals surface area contributed by atoms with Crippen LogP contribution in [0.25, 0.3) is 0 Å². The quantitative estimate of drug-likeness (QED) is 0.597. The second-order valence-corrected chi connectivity index (χ2v) is 4.56. The van der Waals surface area contributed by atoms with Crippen LogP contribution in [0.3, 0.4) is 0 Å². The van der Waals surface area contributed by atoms with Crippen LogP contribution >= 0.6 is 0 Å². The molecule has 1 amide bonds. The number of amides is 1. The van der Waals surface area contributed by atoms with E-state index < -0.39 is 31.6 Å². The van der Waals surface area contributed by atoms with Gasteiger partial charge in [0.25, 0.3) is 15.7 Å². The van der Waals surface area contributed by atoms with E-state index in [0.717, 1.165) is 12.1 Å². The molecule has 0 atom stereocenters.